The Morgan fingerprint density at radius 1 is 1.09 bits per heavy atom. The molecule has 1 N–H and O–H groups in total. The summed E-state index contributed by atoms with van der Waals surface area (Å²) in [6, 6.07) is 0. The molecule has 2 aliphatic rings. The molecule has 2 fully saturated rings. The van der Waals surface area contributed by atoms with Crippen LogP contribution in [0.5, 0.6) is 0 Å². The van der Waals surface area contributed by atoms with Gasteiger partial charge in [-0.1, -0.05) is 0 Å². The first-order valence-electron chi connectivity index (χ1n) is 3.76. The zero-order chi connectivity index (χ0) is 7.19. The highest BCUT2D eigenvalue weighted by molar-refractivity contribution is 5.85. The highest BCUT2D eigenvalue weighted by atomic mass is 35.5. The largest absolute Gasteiger partial charge is 0.316 e. The van der Waals surface area contributed by atoms with E-state index in [-0.39, 0.29) is 37.1 Å². The minimum atomic E-state index is -2.35. The number of rotatable bonds is 0. The number of fused-ring (bicyclic) bond motifs is 1. The Hall–Kier alpha value is 0.110. The van der Waals surface area contributed by atoms with Gasteiger partial charge in [-0.2, -0.15) is 0 Å². The average molecular weight is 184 g/mol. The van der Waals surface area contributed by atoms with E-state index in [1.54, 1.807) is 0 Å². The standard InChI is InChI=1S/C7H11F2N.ClH/c8-7(9)1-5-3-10-4-6(5)2-7;/h5-6,10H,1-4H2;1H. The van der Waals surface area contributed by atoms with Gasteiger partial charge >= 0.3 is 0 Å². The predicted molar refractivity (Wildman–Crippen MR) is 41.3 cm³/mol. The van der Waals surface area contributed by atoms with Crippen molar-refractivity contribution in [2.75, 3.05) is 13.1 Å². The van der Waals surface area contributed by atoms with E-state index >= 15 is 0 Å². The van der Waals surface area contributed by atoms with Crippen molar-refractivity contribution in [1.29, 1.82) is 0 Å². The van der Waals surface area contributed by atoms with E-state index in [9.17, 15) is 8.78 Å². The summed E-state index contributed by atoms with van der Waals surface area (Å²) >= 11 is 0. The first-order chi connectivity index (χ1) is 4.67. The lowest BCUT2D eigenvalue weighted by Crippen LogP contribution is -2.17. The van der Waals surface area contributed by atoms with Crippen LogP contribution in [-0.2, 0) is 0 Å². The van der Waals surface area contributed by atoms with Crippen molar-refractivity contribution in [2.45, 2.75) is 18.8 Å². The number of nitrogens with one attached hydrogen (secondary N) is 1. The Kier molecular flexibility index (Phi) is 2.40. The molecule has 66 valence electrons. The molecule has 0 aromatic heterocycles. The topological polar surface area (TPSA) is 12.0 Å². The lowest BCUT2D eigenvalue weighted by Gasteiger charge is -2.08. The summed E-state index contributed by atoms with van der Waals surface area (Å²) in [7, 11) is 0. The van der Waals surface area contributed by atoms with Crippen molar-refractivity contribution in [3.8, 4) is 0 Å². The number of halogens is 3. The Balaban J connectivity index is 0.000000605. The molecule has 1 aliphatic carbocycles. The molecular formula is C7H12ClF2N. The first kappa shape index (κ1) is 9.20. The Morgan fingerprint density at radius 2 is 1.55 bits per heavy atom. The van der Waals surface area contributed by atoms with Crippen molar-refractivity contribution in [3.63, 3.8) is 0 Å². The third-order valence-corrected chi connectivity index (χ3v) is 2.60. The van der Waals surface area contributed by atoms with Crippen molar-refractivity contribution >= 4 is 12.4 Å². The zero-order valence-corrected chi connectivity index (χ0v) is 6.96. The molecule has 0 spiro atoms. The molecule has 0 bridgehead atoms. The molecule has 1 saturated carbocycles. The number of hydrogen-bond acceptors (Lipinski definition) is 1. The maximum absolute atomic E-state index is 12.6. The molecule has 11 heavy (non-hydrogen) atoms. The van der Waals surface area contributed by atoms with Crippen LogP contribution >= 0.6 is 12.4 Å². The molecule has 2 atom stereocenters. The molecule has 1 heterocycles. The minimum absolute atomic E-state index is 0. The zero-order valence-electron chi connectivity index (χ0n) is 6.15. The number of alkyl halides is 2. The second-order valence-corrected chi connectivity index (χ2v) is 3.44. The van der Waals surface area contributed by atoms with Crippen LogP contribution in [-0.4, -0.2) is 19.0 Å². The van der Waals surface area contributed by atoms with Crippen molar-refractivity contribution in [3.05, 3.63) is 0 Å². The first-order valence-corrected chi connectivity index (χ1v) is 3.76. The summed E-state index contributed by atoms with van der Waals surface area (Å²) in [5, 5.41) is 3.13. The van der Waals surface area contributed by atoms with Gasteiger partial charge in [-0.25, -0.2) is 8.78 Å². The van der Waals surface area contributed by atoms with Crippen molar-refractivity contribution in [1.82, 2.24) is 5.32 Å². The van der Waals surface area contributed by atoms with Crippen LogP contribution < -0.4 is 5.32 Å². The van der Waals surface area contributed by atoms with E-state index in [1.165, 1.54) is 0 Å². The smallest absolute Gasteiger partial charge is 0.248 e. The van der Waals surface area contributed by atoms with Crippen molar-refractivity contribution in [2.24, 2.45) is 11.8 Å². The van der Waals surface area contributed by atoms with E-state index in [1.807, 2.05) is 0 Å². The predicted octanol–water partition coefficient (Wildman–Crippen LogP) is 1.67. The highest BCUT2D eigenvalue weighted by Gasteiger charge is 2.47. The quantitative estimate of drug-likeness (QED) is 0.603. The van der Waals surface area contributed by atoms with Gasteiger partial charge in [0.15, 0.2) is 0 Å². The maximum atomic E-state index is 12.6. The maximum Gasteiger partial charge on any atom is 0.248 e. The summed E-state index contributed by atoms with van der Waals surface area (Å²) < 4.78 is 25.3. The second kappa shape index (κ2) is 2.87. The fourth-order valence-electron chi connectivity index (χ4n) is 2.12. The van der Waals surface area contributed by atoms with Gasteiger partial charge in [0.25, 0.3) is 0 Å². The molecular weight excluding hydrogens is 172 g/mol. The molecule has 0 aromatic carbocycles. The van der Waals surface area contributed by atoms with Gasteiger partial charge in [-0.15, -0.1) is 12.4 Å². The molecule has 1 nitrogen and oxygen atoms in total. The molecule has 4 heteroatoms. The molecule has 2 unspecified atom stereocenters. The van der Waals surface area contributed by atoms with Crippen LogP contribution in [0, 0.1) is 11.8 Å². The van der Waals surface area contributed by atoms with Gasteiger partial charge in [-0.3, -0.25) is 0 Å². The lowest BCUT2D eigenvalue weighted by molar-refractivity contribution is 0.00112. The van der Waals surface area contributed by atoms with Gasteiger partial charge in [-0.05, 0) is 24.9 Å². The van der Waals surface area contributed by atoms with Gasteiger partial charge in [0.1, 0.15) is 0 Å². The molecule has 0 radical (unpaired) electrons. The summed E-state index contributed by atoms with van der Waals surface area (Å²) in [5.41, 5.74) is 0. The van der Waals surface area contributed by atoms with E-state index < -0.39 is 5.92 Å². The molecule has 1 aliphatic heterocycles. The SMILES string of the molecule is Cl.FC1(F)CC2CNCC2C1. The highest BCUT2D eigenvalue weighted by Crippen LogP contribution is 2.44. The minimum Gasteiger partial charge on any atom is -0.316 e. The molecule has 2 rings (SSSR count). The fraction of sp³-hybridized carbons (Fsp3) is 1.00. The van der Waals surface area contributed by atoms with Crippen LogP contribution in [0.2, 0.25) is 0 Å². The van der Waals surface area contributed by atoms with Crippen LogP contribution in [0.4, 0.5) is 8.78 Å². The van der Waals surface area contributed by atoms with Gasteiger partial charge in [0.2, 0.25) is 5.92 Å². The van der Waals surface area contributed by atoms with Crippen LogP contribution in [0.25, 0.3) is 0 Å². The molecule has 1 saturated heterocycles. The summed E-state index contributed by atoms with van der Waals surface area (Å²) in [6.45, 7) is 1.61. The molecule has 0 aromatic rings. The normalized spacial score (nSPS) is 39.8. The molecule has 0 amide bonds. The van der Waals surface area contributed by atoms with E-state index in [2.05, 4.69) is 5.32 Å². The second-order valence-electron chi connectivity index (χ2n) is 3.44. The monoisotopic (exact) mass is 183 g/mol. The van der Waals surface area contributed by atoms with Gasteiger partial charge in [0, 0.05) is 12.8 Å². The average Bonchev–Trinajstić information content (AvgIpc) is 2.20. The van der Waals surface area contributed by atoms with Crippen molar-refractivity contribution < 1.29 is 8.78 Å². The van der Waals surface area contributed by atoms with Crippen LogP contribution in [0.1, 0.15) is 12.8 Å². The van der Waals surface area contributed by atoms with Gasteiger partial charge in [0.05, 0.1) is 0 Å². The third kappa shape index (κ3) is 1.64. The van der Waals surface area contributed by atoms with Crippen LogP contribution in [0.15, 0.2) is 0 Å². The summed E-state index contributed by atoms with van der Waals surface area (Å²) in [6.07, 6.45) is 0.231. The summed E-state index contributed by atoms with van der Waals surface area (Å²) in [5.74, 6) is -1.83. The fourth-order valence-corrected chi connectivity index (χ4v) is 2.12. The van der Waals surface area contributed by atoms with E-state index in [0.29, 0.717) is 0 Å². The lowest BCUT2D eigenvalue weighted by atomic mass is 10.0. The van der Waals surface area contributed by atoms with Crippen LogP contribution in [0.3, 0.4) is 0 Å². The number of hydrogen-bond donors (Lipinski definition) is 1. The third-order valence-electron chi connectivity index (χ3n) is 2.60. The Morgan fingerprint density at radius 3 is 2.00 bits per heavy atom. The van der Waals surface area contributed by atoms with E-state index in [4.69, 9.17) is 0 Å². The Bertz CT molecular complexity index is 137. The Labute approximate surface area is 71.0 Å². The van der Waals surface area contributed by atoms with E-state index in [0.717, 1.165) is 13.1 Å². The van der Waals surface area contributed by atoms with Gasteiger partial charge < -0.3 is 5.32 Å². The summed E-state index contributed by atoms with van der Waals surface area (Å²) in [4.78, 5) is 0.